The summed E-state index contributed by atoms with van der Waals surface area (Å²) in [5, 5.41) is 19.0. The summed E-state index contributed by atoms with van der Waals surface area (Å²) in [5.74, 6) is -0.321. The highest BCUT2D eigenvalue weighted by Gasteiger charge is 2.37. The van der Waals surface area contributed by atoms with Crippen LogP contribution in [0.2, 0.25) is 0 Å². The maximum Gasteiger partial charge on any atom is 0.416 e. The first-order chi connectivity index (χ1) is 12.7. The molecule has 2 atom stereocenters. The van der Waals surface area contributed by atoms with E-state index in [0.717, 1.165) is 12.1 Å². The van der Waals surface area contributed by atoms with Gasteiger partial charge in [0.1, 0.15) is 0 Å². The summed E-state index contributed by atoms with van der Waals surface area (Å²) in [5.41, 5.74) is 1.25. The van der Waals surface area contributed by atoms with Gasteiger partial charge in [-0.15, -0.1) is 0 Å². The standard InChI is InChI=1S/C20H17F3N2O2/c1-12-8-13(10-24)2-7-17(12)19(27)25-11-16(26)9-18(25)14-3-5-15(6-4-14)20(21,22)23/h2-8,16,18,26H,9,11H2,1H3. The van der Waals surface area contributed by atoms with Crippen molar-refractivity contribution in [1.29, 1.82) is 5.26 Å². The van der Waals surface area contributed by atoms with Gasteiger partial charge in [-0.3, -0.25) is 4.79 Å². The summed E-state index contributed by atoms with van der Waals surface area (Å²) >= 11 is 0. The van der Waals surface area contributed by atoms with Crippen molar-refractivity contribution in [3.63, 3.8) is 0 Å². The molecule has 1 fully saturated rings. The van der Waals surface area contributed by atoms with E-state index in [1.165, 1.54) is 17.0 Å². The van der Waals surface area contributed by atoms with Crippen LogP contribution in [0.1, 0.15) is 45.1 Å². The summed E-state index contributed by atoms with van der Waals surface area (Å²) in [6.07, 6.45) is -4.92. The van der Waals surface area contributed by atoms with Crippen LogP contribution in [0.3, 0.4) is 0 Å². The second-order valence-corrected chi connectivity index (χ2v) is 6.62. The summed E-state index contributed by atoms with van der Waals surface area (Å²) < 4.78 is 38.3. The van der Waals surface area contributed by atoms with Crippen LogP contribution in [0.25, 0.3) is 0 Å². The number of aliphatic hydroxyl groups is 1. The number of β-amino-alcohol motifs (C(OH)–C–C–N with tert-alkyl or cyclic N) is 1. The molecule has 1 amide bonds. The van der Waals surface area contributed by atoms with Gasteiger partial charge in [0.2, 0.25) is 0 Å². The summed E-state index contributed by atoms with van der Waals surface area (Å²) in [6.45, 7) is 1.82. The van der Waals surface area contributed by atoms with Crippen molar-refractivity contribution in [2.24, 2.45) is 0 Å². The van der Waals surface area contributed by atoms with Crippen LogP contribution in [0, 0.1) is 18.3 Å². The Morgan fingerprint density at radius 3 is 2.44 bits per heavy atom. The third-order valence-electron chi connectivity index (χ3n) is 4.75. The monoisotopic (exact) mass is 374 g/mol. The molecule has 0 bridgehead atoms. The van der Waals surface area contributed by atoms with Crippen LogP contribution in [-0.4, -0.2) is 28.6 Å². The molecule has 3 rings (SSSR count). The number of benzene rings is 2. The van der Waals surface area contributed by atoms with E-state index in [1.54, 1.807) is 25.1 Å². The fourth-order valence-corrected chi connectivity index (χ4v) is 3.38. The van der Waals surface area contributed by atoms with Crippen LogP contribution < -0.4 is 0 Å². The second kappa shape index (κ2) is 7.05. The minimum absolute atomic E-state index is 0.101. The molecule has 0 aliphatic carbocycles. The number of hydrogen-bond acceptors (Lipinski definition) is 3. The number of hydrogen-bond donors (Lipinski definition) is 1. The van der Waals surface area contributed by atoms with Crippen LogP contribution in [0.4, 0.5) is 13.2 Å². The number of alkyl halides is 3. The normalized spacial score (nSPS) is 19.8. The SMILES string of the molecule is Cc1cc(C#N)ccc1C(=O)N1CC(O)CC1c1ccc(C(F)(F)F)cc1. The van der Waals surface area contributed by atoms with Gasteiger partial charge in [-0.25, -0.2) is 0 Å². The third kappa shape index (κ3) is 3.81. The average molecular weight is 374 g/mol. The van der Waals surface area contributed by atoms with Crippen molar-refractivity contribution < 1.29 is 23.1 Å². The van der Waals surface area contributed by atoms with Crippen molar-refractivity contribution >= 4 is 5.91 Å². The largest absolute Gasteiger partial charge is 0.416 e. The van der Waals surface area contributed by atoms with Crippen LogP contribution >= 0.6 is 0 Å². The van der Waals surface area contributed by atoms with Crippen LogP contribution in [0.5, 0.6) is 0 Å². The Kier molecular flexibility index (Phi) is 4.94. The van der Waals surface area contributed by atoms with Crippen molar-refractivity contribution in [1.82, 2.24) is 4.90 Å². The Hall–Kier alpha value is -2.85. The van der Waals surface area contributed by atoms with Crippen molar-refractivity contribution in [2.75, 3.05) is 6.54 Å². The Bertz CT molecular complexity index is 901. The number of halogens is 3. The first-order valence-corrected chi connectivity index (χ1v) is 8.37. The number of nitriles is 1. The zero-order valence-corrected chi connectivity index (χ0v) is 14.5. The molecule has 2 aromatic carbocycles. The highest BCUT2D eigenvalue weighted by molar-refractivity contribution is 5.96. The van der Waals surface area contributed by atoms with Gasteiger partial charge in [0.15, 0.2) is 0 Å². The lowest BCUT2D eigenvalue weighted by atomic mass is 10.0. The smallest absolute Gasteiger partial charge is 0.391 e. The van der Waals surface area contributed by atoms with E-state index < -0.39 is 23.9 Å². The lowest BCUT2D eigenvalue weighted by molar-refractivity contribution is -0.137. The molecule has 27 heavy (non-hydrogen) atoms. The molecule has 0 saturated carbocycles. The molecule has 140 valence electrons. The number of nitrogens with zero attached hydrogens (tertiary/aromatic N) is 2. The van der Waals surface area contributed by atoms with Crippen molar-refractivity contribution in [3.05, 3.63) is 70.3 Å². The molecule has 1 N–H and O–H groups in total. The van der Waals surface area contributed by atoms with Gasteiger partial charge < -0.3 is 10.0 Å². The summed E-state index contributed by atoms with van der Waals surface area (Å²) in [4.78, 5) is 14.4. The van der Waals surface area contributed by atoms with Crippen LogP contribution in [0.15, 0.2) is 42.5 Å². The maximum absolute atomic E-state index is 13.0. The van der Waals surface area contributed by atoms with E-state index in [0.29, 0.717) is 22.3 Å². The molecule has 0 aromatic heterocycles. The molecule has 2 unspecified atom stereocenters. The van der Waals surface area contributed by atoms with E-state index in [4.69, 9.17) is 5.26 Å². The Morgan fingerprint density at radius 2 is 1.89 bits per heavy atom. The summed E-state index contributed by atoms with van der Waals surface area (Å²) in [6, 6.07) is 10.9. The first-order valence-electron chi connectivity index (χ1n) is 8.37. The number of amides is 1. The third-order valence-corrected chi connectivity index (χ3v) is 4.75. The van der Waals surface area contributed by atoms with Gasteiger partial charge >= 0.3 is 6.18 Å². The number of carbonyl (C=O) groups excluding carboxylic acids is 1. The first kappa shape index (κ1) is 18.9. The van der Waals surface area contributed by atoms with E-state index in [2.05, 4.69) is 0 Å². The predicted molar refractivity (Wildman–Crippen MR) is 91.7 cm³/mol. The lowest BCUT2D eigenvalue weighted by Gasteiger charge is -2.26. The van der Waals surface area contributed by atoms with E-state index in [-0.39, 0.29) is 18.9 Å². The van der Waals surface area contributed by atoms with Gasteiger partial charge in [0.25, 0.3) is 5.91 Å². The minimum atomic E-state index is -4.43. The molecular weight excluding hydrogens is 357 g/mol. The number of aliphatic hydroxyl groups excluding tert-OH is 1. The Morgan fingerprint density at radius 1 is 1.22 bits per heavy atom. The van der Waals surface area contributed by atoms with E-state index in [9.17, 15) is 23.1 Å². The van der Waals surface area contributed by atoms with Gasteiger partial charge in [-0.05, 0) is 54.8 Å². The number of likely N-dealkylation sites (tertiary alicyclic amines) is 1. The molecular formula is C20H17F3N2O2. The zero-order valence-electron chi connectivity index (χ0n) is 14.5. The van der Waals surface area contributed by atoms with Crippen molar-refractivity contribution in [3.8, 4) is 6.07 Å². The lowest BCUT2D eigenvalue weighted by Crippen LogP contribution is -2.32. The Balaban J connectivity index is 1.90. The Labute approximate surface area is 154 Å². The molecule has 4 nitrogen and oxygen atoms in total. The number of rotatable bonds is 2. The highest BCUT2D eigenvalue weighted by Crippen LogP contribution is 2.36. The summed E-state index contributed by atoms with van der Waals surface area (Å²) in [7, 11) is 0. The fourth-order valence-electron chi connectivity index (χ4n) is 3.38. The van der Waals surface area contributed by atoms with E-state index in [1.807, 2.05) is 6.07 Å². The average Bonchev–Trinajstić information content (AvgIpc) is 3.02. The fraction of sp³-hybridized carbons (Fsp3) is 0.300. The van der Waals surface area contributed by atoms with Gasteiger partial charge in [0.05, 0.1) is 29.3 Å². The second-order valence-electron chi connectivity index (χ2n) is 6.62. The van der Waals surface area contributed by atoms with Crippen molar-refractivity contribution in [2.45, 2.75) is 31.7 Å². The molecule has 7 heteroatoms. The van der Waals surface area contributed by atoms with Gasteiger partial charge in [0, 0.05) is 12.1 Å². The van der Waals surface area contributed by atoms with Gasteiger partial charge in [-0.2, -0.15) is 18.4 Å². The predicted octanol–water partition coefficient (Wildman–Crippen LogP) is 3.83. The number of carbonyl (C=O) groups is 1. The molecule has 1 aliphatic rings. The molecule has 2 aromatic rings. The molecule has 0 spiro atoms. The topological polar surface area (TPSA) is 64.3 Å². The number of aryl methyl sites for hydroxylation is 1. The highest BCUT2D eigenvalue weighted by atomic mass is 19.4. The van der Waals surface area contributed by atoms with Gasteiger partial charge in [-0.1, -0.05) is 12.1 Å². The van der Waals surface area contributed by atoms with Crippen LogP contribution in [-0.2, 0) is 6.18 Å². The minimum Gasteiger partial charge on any atom is -0.391 e. The molecule has 1 saturated heterocycles. The van der Waals surface area contributed by atoms with E-state index >= 15 is 0 Å². The molecule has 0 radical (unpaired) electrons. The maximum atomic E-state index is 13.0. The quantitative estimate of drug-likeness (QED) is 0.869. The zero-order chi connectivity index (χ0) is 19.8. The molecule has 1 heterocycles. The molecule has 1 aliphatic heterocycles.